The lowest BCUT2D eigenvalue weighted by Crippen LogP contribution is -2.51. The molecule has 0 aromatic rings. The van der Waals surface area contributed by atoms with Crippen molar-refractivity contribution >= 4 is 5.97 Å². The zero-order valence-corrected chi connectivity index (χ0v) is 12.5. The number of carboxylic acid groups (broad SMARTS) is 1. The lowest BCUT2D eigenvalue weighted by atomic mass is 10.1. The Morgan fingerprint density at radius 3 is 2.33 bits per heavy atom. The number of hydrogen-bond acceptors (Lipinski definition) is 5. The quantitative estimate of drug-likeness (QED) is 0.356. The van der Waals surface area contributed by atoms with Gasteiger partial charge < -0.3 is 32.0 Å². The van der Waals surface area contributed by atoms with Crippen molar-refractivity contribution in [2.75, 3.05) is 32.7 Å². The number of nitrogens with one attached hydrogen (secondary N) is 2. The van der Waals surface area contributed by atoms with E-state index in [1.807, 2.05) is 0 Å². The van der Waals surface area contributed by atoms with E-state index in [1.165, 1.54) is 6.42 Å². The summed E-state index contributed by atoms with van der Waals surface area (Å²) < 4.78 is 31.5. The molecule has 0 rings (SSSR count). The van der Waals surface area contributed by atoms with Crippen LogP contribution < -0.4 is 27.2 Å². The molecular formula is C12H27F3N4O2. The van der Waals surface area contributed by atoms with Gasteiger partial charge in [0.15, 0.2) is 0 Å². The molecule has 0 aromatic carbocycles. The van der Waals surface area contributed by atoms with Gasteiger partial charge in [0.25, 0.3) is 0 Å². The fourth-order valence-electron chi connectivity index (χ4n) is 1.46. The summed E-state index contributed by atoms with van der Waals surface area (Å²) in [6, 6.07) is 0.577. The summed E-state index contributed by atoms with van der Waals surface area (Å²) in [5.41, 5.74) is 9.31. The molecular weight excluding hydrogens is 289 g/mol. The third-order valence-corrected chi connectivity index (χ3v) is 2.48. The normalized spacial score (nSPS) is 12.5. The van der Waals surface area contributed by atoms with Crippen LogP contribution in [0.4, 0.5) is 13.2 Å². The predicted molar refractivity (Wildman–Crippen MR) is 72.1 cm³/mol. The maximum atomic E-state index is 10.5. The van der Waals surface area contributed by atoms with E-state index in [0.29, 0.717) is 6.04 Å². The van der Waals surface area contributed by atoms with E-state index >= 15 is 0 Å². The third-order valence-electron chi connectivity index (χ3n) is 2.48. The van der Waals surface area contributed by atoms with E-state index in [-0.39, 0.29) is 0 Å². The molecule has 0 amide bonds. The highest BCUT2D eigenvalue weighted by molar-refractivity contribution is 5.70. The van der Waals surface area contributed by atoms with Crippen LogP contribution in [0.1, 0.15) is 26.2 Å². The van der Waals surface area contributed by atoms with Gasteiger partial charge in [0, 0.05) is 25.6 Å². The Morgan fingerprint density at radius 2 is 1.95 bits per heavy atom. The van der Waals surface area contributed by atoms with Gasteiger partial charge in [0.2, 0.25) is 0 Å². The summed E-state index contributed by atoms with van der Waals surface area (Å²) in [4.78, 5) is 8.78. The topological polar surface area (TPSA) is 118 Å². The molecule has 21 heavy (non-hydrogen) atoms. The van der Waals surface area contributed by atoms with Crippen LogP contribution in [0.25, 0.3) is 0 Å². The molecule has 0 unspecified atom stereocenters. The van der Waals surface area contributed by atoms with Crippen LogP contribution in [-0.2, 0) is 4.79 Å². The average Bonchev–Trinajstić information content (AvgIpc) is 2.40. The van der Waals surface area contributed by atoms with Crippen molar-refractivity contribution in [2.45, 2.75) is 38.4 Å². The second kappa shape index (κ2) is 14.1. The standard InChI is InChI=1S/C10H26N4.C2HF3O2/c1-2-14-10(5-3-6-11)9-13-8-4-7-12;3-2(4,5)1(6)7/h10,13-14H,2-9,11-12H2,1H3;(H,6,7)/t10-;/m0./s1. The lowest BCUT2D eigenvalue weighted by molar-refractivity contribution is -0.367. The van der Waals surface area contributed by atoms with E-state index in [2.05, 4.69) is 23.3 Å². The van der Waals surface area contributed by atoms with Crippen LogP contribution in [0, 0.1) is 0 Å². The Morgan fingerprint density at radius 1 is 1.38 bits per heavy atom. The number of likely N-dealkylation sites (N-methyl/N-ethyl adjacent to an activating group) is 1. The van der Waals surface area contributed by atoms with E-state index < -0.39 is 12.1 Å². The maximum absolute atomic E-state index is 10.5. The van der Waals surface area contributed by atoms with Crippen molar-refractivity contribution in [3.63, 3.8) is 0 Å². The molecule has 0 aliphatic carbocycles. The Kier molecular flexibility index (Phi) is 15.0. The molecule has 1 atom stereocenters. The minimum absolute atomic E-state index is 0.577. The minimum atomic E-state index is -5.19. The molecule has 0 radical (unpaired) electrons. The Balaban J connectivity index is 0. The average molecular weight is 316 g/mol. The number of hydrogen-bond donors (Lipinski definition) is 4. The molecule has 0 aromatic heterocycles. The maximum Gasteiger partial charge on any atom is 0.430 e. The van der Waals surface area contributed by atoms with Crippen LogP contribution >= 0.6 is 0 Å². The number of halogens is 3. The fourth-order valence-corrected chi connectivity index (χ4v) is 1.46. The van der Waals surface area contributed by atoms with Crippen LogP contribution in [0.15, 0.2) is 0 Å². The molecule has 0 bridgehead atoms. The van der Waals surface area contributed by atoms with Crippen LogP contribution in [0.5, 0.6) is 0 Å². The monoisotopic (exact) mass is 316 g/mol. The van der Waals surface area contributed by atoms with Crippen LogP contribution in [-0.4, -0.2) is 50.9 Å². The number of rotatable bonds is 10. The van der Waals surface area contributed by atoms with Gasteiger partial charge in [-0.15, -0.1) is 0 Å². The van der Waals surface area contributed by atoms with Crippen molar-refractivity contribution < 1.29 is 28.8 Å². The molecule has 6 nitrogen and oxygen atoms in total. The second-order valence-electron chi connectivity index (χ2n) is 4.38. The summed E-state index contributed by atoms with van der Waals surface area (Å²) in [7, 11) is 0. The highest BCUT2D eigenvalue weighted by Crippen LogP contribution is 2.11. The van der Waals surface area contributed by atoms with Crippen LogP contribution in [0.2, 0.25) is 0 Å². The first-order valence-corrected chi connectivity index (χ1v) is 7.01. The van der Waals surface area contributed by atoms with Gasteiger partial charge in [-0.1, -0.05) is 6.92 Å². The van der Waals surface area contributed by atoms with E-state index in [0.717, 1.165) is 45.6 Å². The van der Waals surface area contributed by atoms with Crippen LogP contribution in [0.3, 0.4) is 0 Å². The molecule has 0 aliphatic heterocycles. The molecule has 0 heterocycles. The van der Waals surface area contributed by atoms with Crippen molar-refractivity contribution in [3.8, 4) is 0 Å². The number of nitrogens with two attached hydrogens (primary N) is 1. The SMILES string of the molecule is CCN[C@@H](CCCN)CNCCC[NH3+].O=C([O-])C(F)(F)F. The molecule has 0 spiro atoms. The molecule has 9 heteroatoms. The number of carboxylic acids is 1. The summed E-state index contributed by atoms with van der Waals surface area (Å²) in [5, 5.41) is 15.7. The first-order valence-electron chi connectivity index (χ1n) is 7.01. The molecule has 7 N–H and O–H groups in total. The lowest BCUT2D eigenvalue weighted by Gasteiger charge is -2.17. The molecule has 128 valence electrons. The molecule has 0 saturated heterocycles. The zero-order valence-electron chi connectivity index (χ0n) is 12.5. The number of aliphatic carboxylic acids is 1. The first-order chi connectivity index (χ1) is 9.79. The van der Waals surface area contributed by atoms with Gasteiger partial charge in [-0.2, -0.15) is 13.2 Å². The smallest absolute Gasteiger partial charge is 0.430 e. The van der Waals surface area contributed by atoms with Crippen molar-refractivity contribution in [1.29, 1.82) is 0 Å². The second-order valence-corrected chi connectivity index (χ2v) is 4.38. The summed E-state index contributed by atoms with van der Waals surface area (Å²) in [5.74, 6) is -3.01. The highest BCUT2D eigenvalue weighted by atomic mass is 19.4. The third kappa shape index (κ3) is 17.0. The first kappa shape index (κ1) is 22.4. The Labute approximate surface area is 123 Å². The van der Waals surface area contributed by atoms with Crippen molar-refractivity contribution in [1.82, 2.24) is 10.6 Å². The highest BCUT2D eigenvalue weighted by Gasteiger charge is 2.28. The Hall–Kier alpha value is -0.900. The Bertz CT molecular complexity index is 253. The van der Waals surface area contributed by atoms with E-state index in [4.69, 9.17) is 15.6 Å². The van der Waals surface area contributed by atoms with Gasteiger partial charge in [-0.25, -0.2) is 0 Å². The van der Waals surface area contributed by atoms with Gasteiger partial charge >= 0.3 is 6.18 Å². The largest absolute Gasteiger partial charge is 0.542 e. The van der Waals surface area contributed by atoms with Crippen molar-refractivity contribution in [3.05, 3.63) is 0 Å². The van der Waals surface area contributed by atoms with E-state index in [1.54, 1.807) is 0 Å². The van der Waals surface area contributed by atoms with Gasteiger partial charge in [0.1, 0.15) is 5.97 Å². The number of quaternary nitrogens is 1. The fraction of sp³-hybridized carbons (Fsp3) is 0.917. The van der Waals surface area contributed by atoms with Gasteiger partial charge in [-0.05, 0) is 25.9 Å². The minimum Gasteiger partial charge on any atom is -0.542 e. The number of carbonyl (C=O) groups is 1. The molecule has 0 aliphatic rings. The van der Waals surface area contributed by atoms with E-state index in [9.17, 15) is 13.2 Å². The van der Waals surface area contributed by atoms with Crippen molar-refractivity contribution in [2.24, 2.45) is 5.73 Å². The molecule has 0 saturated carbocycles. The zero-order chi connectivity index (χ0) is 16.7. The number of carbonyl (C=O) groups excluding carboxylic acids is 1. The number of alkyl halides is 3. The summed E-state index contributed by atoms with van der Waals surface area (Å²) in [6.07, 6.45) is -1.76. The summed E-state index contributed by atoms with van der Waals surface area (Å²) >= 11 is 0. The predicted octanol–water partition coefficient (Wildman–Crippen LogP) is -1.78. The molecule has 0 fully saturated rings. The van der Waals surface area contributed by atoms with Gasteiger partial charge in [0.05, 0.1) is 6.54 Å². The van der Waals surface area contributed by atoms with Gasteiger partial charge in [-0.3, -0.25) is 0 Å². The summed E-state index contributed by atoms with van der Waals surface area (Å²) in [6.45, 7) is 7.11.